The predicted octanol–water partition coefficient (Wildman–Crippen LogP) is 0.912. The Morgan fingerprint density at radius 1 is 1.35 bits per heavy atom. The molecule has 1 atom stereocenters. The fraction of sp³-hybridized carbons (Fsp3) is 0.923. The first-order valence-electron chi connectivity index (χ1n) is 6.61. The van der Waals surface area contributed by atoms with Gasteiger partial charge in [-0.05, 0) is 32.6 Å². The summed E-state index contributed by atoms with van der Waals surface area (Å²) in [5.41, 5.74) is 5.84. The van der Waals surface area contributed by atoms with Crippen LogP contribution in [0.1, 0.15) is 33.1 Å². The van der Waals surface area contributed by atoms with Gasteiger partial charge in [0, 0.05) is 45.7 Å². The summed E-state index contributed by atoms with van der Waals surface area (Å²) in [7, 11) is 3.60. The van der Waals surface area contributed by atoms with E-state index in [1.807, 2.05) is 0 Å². The highest BCUT2D eigenvalue weighted by molar-refractivity contribution is 5.76. The molecule has 1 saturated carbocycles. The lowest BCUT2D eigenvalue weighted by Gasteiger charge is -2.34. The fourth-order valence-electron chi connectivity index (χ4n) is 2.10. The van der Waals surface area contributed by atoms with Gasteiger partial charge in [0.2, 0.25) is 5.91 Å². The molecule has 4 nitrogen and oxygen atoms in total. The van der Waals surface area contributed by atoms with Crippen molar-refractivity contribution < 1.29 is 4.79 Å². The van der Waals surface area contributed by atoms with Crippen LogP contribution in [0, 0.1) is 5.92 Å². The Labute approximate surface area is 105 Å². The van der Waals surface area contributed by atoms with Crippen molar-refractivity contribution in [2.45, 2.75) is 45.2 Å². The number of nitrogens with two attached hydrogens (primary N) is 1. The van der Waals surface area contributed by atoms with Crippen molar-refractivity contribution >= 4 is 5.91 Å². The maximum Gasteiger partial charge on any atom is 0.223 e. The maximum absolute atomic E-state index is 11.8. The van der Waals surface area contributed by atoms with E-state index in [2.05, 4.69) is 18.7 Å². The molecule has 0 aromatic carbocycles. The highest BCUT2D eigenvalue weighted by Gasteiger charge is 2.30. The second-order valence-corrected chi connectivity index (χ2v) is 5.62. The molecule has 1 aliphatic carbocycles. The molecule has 1 unspecified atom stereocenters. The third-order valence-corrected chi connectivity index (χ3v) is 3.48. The number of amides is 1. The SMILES string of the molecule is CC(C)N(CC1CC1)C(CN)CC(=O)N(C)C. The van der Waals surface area contributed by atoms with Crippen LogP contribution in [0.25, 0.3) is 0 Å². The highest BCUT2D eigenvalue weighted by atomic mass is 16.2. The van der Waals surface area contributed by atoms with E-state index in [1.165, 1.54) is 12.8 Å². The van der Waals surface area contributed by atoms with Gasteiger partial charge in [-0.1, -0.05) is 0 Å². The van der Waals surface area contributed by atoms with Crippen LogP contribution in [0.4, 0.5) is 0 Å². The summed E-state index contributed by atoms with van der Waals surface area (Å²) < 4.78 is 0. The van der Waals surface area contributed by atoms with E-state index in [-0.39, 0.29) is 11.9 Å². The van der Waals surface area contributed by atoms with Gasteiger partial charge in [0.25, 0.3) is 0 Å². The van der Waals surface area contributed by atoms with Gasteiger partial charge in [-0.15, -0.1) is 0 Å². The van der Waals surface area contributed by atoms with E-state index in [0.717, 1.165) is 12.5 Å². The van der Waals surface area contributed by atoms with E-state index in [1.54, 1.807) is 19.0 Å². The van der Waals surface area contributed by atoms with Gasteiger partial charge >= 0.3 is 0 Å². The van der Waals surface area contributed by atoms with E-state index in [9.17, 15) is 4.79 Å². The van der Waals surface area contributed by atoms with E-state index < -0.39 is 0 Å². The summed E-state index contributed by atoms with van der Waals surface area (Å²) in [6.07, 6.45) is 3.21. The van der Waals surface area contributed by atoms with Crippen molar-refractivity contribution in [3.63, 3.8) is 0 Å². The molecule has 0 bridgehead atoms. The van der Waals surface area contributed by atoms with Gasteiger partial charge in [0.1, 0.15) is 0 Å². The number of hydrogen-bond donors (Lipinski definition) is 1. The molecule has 0 saturated heterocycles. The summed E-state index contributed by atoms with van der Waals surface area (Å²) >= 11 is 0. The standard InChI is InChI=1S/C13H27N3O/c1-10(2)16(9-11-5-6-11)12(8-14)7-13(17)15(3)4/h10-12H,5-9,14H2,1-4H3. The smallest absolute Gasteiger partial charge is 0.223 e. The molecule has 4 heteroatoms. The average Bonchev–Trinajstić information content (AvgIpc) is 3.05. The minimum atomic E-state index is 0.168. The lowest BCUT2D eigenvalue weighted by Crippen LogP contribution is -2.48. The maximum atomic E-state index is 11.8. The quantitative estimate of drug-likeness (QED) is 0.721. The molecule has 17 heavy (non-hydrogen) atoms. The Bertz CT molecular complexity index is 249. The summed E-state index contributed by atoms with van der Waals surface area (Å²) in [6, 6.07) is 0.643. The molecule has 2 N–H and O–H groups in total. The third-order valence-electron chi connectivity index (χ3n) is 3.48. The van der Waals surface area contributed by atoms with Crippen LogP contribution in [0.3, 0.4) is 0 Å². The van der Waals surface area contributed by atoms with Crippen LogP contribution in [-0.2, 0) is 4.79 Å². The van der Waals surface area contributed by atoms with Crippen LogP contribution in [0.5, 0.6) is 0 Å². The fourth-order valence-corrected chi connectivity index (χ4v) is 2.10. The third kappa shape index (κ3) is 4.64. The van der Waals surface area contributed by atoms with Crippen molar-refractivity contribution in [3.8, 4) is 0 Å². The van der Waals surface area contributed by atoms with Gasteiger partial charge in [-0.25, -0.2) is 0 Å². The Kier molecular flexibility index (Phi) is 5.40. The van der Waals surface area contributed by atoms with Gasteiger partial charge < -0.3 is 10.6 Å². The number of nitrogens with zero attached hydrogens (tertiary/aromatic N) is 2. The van der Waals surface area contributed by atoms with E-state index >= 15 is 0 Å². The number of carbonyl (C=O) groups is 1. The second-order valence-electron chi connectivity index (χ2n) is 5.62. The van der Waals surface area contributed by atoms with Crippen molar-refractivity contribution in [3.05, 3.63) is 0 Å². The molecule has 0 radical (unpaired) electrons. The zero-order valence-corrected chi connectivity index (χ0v) is 11.6. The Hall–Kier alpha value is -0.610. The van der Waals surface area contributed by atoms with Gasteiger partial charge in [-0.3, -0.25) is 9.69 Å². The molecular weight excluding hydrogens is 214 g/mol. The molecule has 1 fully saturated rings. The van der Waals surface area contributed by atoms with Crippen LogP contribution in [0.2, 0.25) is 0 Å². The van der Waals surface area contributed by atoms with Crippen molar-refractivity contribution in [1.82, 2.24) is 9.80 Å². The number of carbonyl (C=O) groups excluding carboxylic acids is 1. The molecule has 1 rings (SSSR count). The van der Waals surface area contributed by atoms with E-state index in [4.69, 9.17) is 5.73 Å². The van der Waals surface area contributed by atoms with Crippen LogP contribution >= 0.6 is 0 Å². The zero-order valence-electron chi connectivity index (χ0n) is 11.6. The minimum Gasteiger partial charge on any atom is -0.349 e. The van der Waals surface area contributed by atoms with Crippen molar-refractivity contribution in [2.24, 2.45) is 11.7 Å². The molecule has 1 aliphatic rings. The molecule has 1 amide bonds. The average molecular weight is 241 g/mol. The summed E-state index contributed by atoms with van der Waals surface area (Å²) in [5, 5.41) is 0. The highest BCUT2D eigenvalue weighted by Crippen LogP contribution is 2.31. The molecule has 0 aromatic heterocycles. The molecule has 0 aromatic rings. The van der Waals surface area contributed by atoms with E-state index in [0.29, 0.717) is 19.0 Å². The Morgan fingerprint density at radius 2 is 1.94 bits per heavy atom. The van der Waals surface area contributed by atoms with Crippen LogP contribution in [0.15, 0.2) is 0 Å². The summed E-state index contributed by atoms with van der Waals surface area (Å²) in [6.45, 7) is 6.03. The topological polar surface area (TPSA) is 49.6 Å². The normalized spacial score (nSPS) is 17.6. The van der Waals surface area contributed by atoms with Crippen molar-refractivity contribution in [1.29, 1.82) is 0 Å². The lowest BCUT2D eigenvalue weighted by atomic mass is 10.1. The number of rotatable bonds is 7. The largest absolute Gasteiger partial charge is 0.349 e. The first-order chi connectivity index (χ1) is 7.95. The zero-order chi connectivity index (χ0) is 13.0. The summed E-state index contributed by atoms with van der Waals surface area (Å²) in [4.78, 5) is 15.8. The Morgan fingerprint density at radius 3 is 2.29 bits per heavy atom. The lowest BCUT2D eigenvalue weighted by molar-refractivity contribution is -0.130. The van der Waals surface area contributed by atoms with Gasteiger partial charge in [0.05, 0.1) is 0 Å². The van der Waals surface area contributed by atoms with Gasteiger partial charge in [-0.2, -0.15) is 0 Å². The summed E-state index contributed by atoms with van der Waals surface area (Å²) in [5.74, 6) is 1.00. The molecular formula is C13H27N3O. The Balaban J connectivity index is 2.56. The number of hydrogen-bond acceptors (Lipinski definition) is 3. The monoisotopic (exact) mass is 241 g/mol. The van der Waals surface area contributed by atoms with Gasteiger partial charge in [0.15, 0.2) is 0 Å². The van der Waals surface area contributed by atoms with Crippen molar-refractivity contribution in [2.75, 3.05) is 27.2 Å². The van der Waals surface area contributed by atoms with Crippen LogP contribution in [-0.4, -0.2) is 55.0 Å². The molecule has 100 valence electrons. The molecule has 0 heterocycles. The van der Waals surface area contributed by atoms with Crippen LogP contribution < -0.4 is 5.73 Å². The second kappa shape index (κ2) is 6.36. The molecule has 0 spiro atoms. The first-order valence-corrected chi connectivity index (χ1v) is 6.61. The molecule has 0 aliphatic heterocycles. The predicted molar refractivity (Wildman–Crippen MR) is 70.7 cm³/mol. The minimum absolute atomic E-state index is 0.168. The first kappa shape index (κ1) is 14.5.